The summed E-state index contributed by atoms with van der Waals surface area (Å²) in [6, 6.07) is 1.61. The smallest absolute Gasteiger partial charge is 0.272 e. The van der Waals surface area contributed by atoms with Crippen molar-refractivity contribution in [1.29, 1.82) is 0 Å². The Morgan fingerprint density at radius 3 is 2.77 bits per heavy atom. The first-order valence-electron chi connectivity index (χ1n) is 11.6. The van der Waals surface area contributed by atoms with Gasteiger partial charge in [-0.3, -0.25) is 9.48 Å². The number of aryl methyl sites for hydroxylation is 2. The summed E-state index contributed by atoms with van der Waals surface area (Å²) in [5.74, 6) is 0.542. The number of ether oxygens (including phenoxy) is 2. The van der Waals surface area contributed by atoms with E-state index in [1.54, 1.807) is 0 Å². The van der Waals surface area contributed by atoms with Gasteiger partial charge in [0, 0.05) is 18.4 Å². The lowest BCUT2D eigenvalue weighted by molar-refractivity contribution is 0.0613. The van der Waals surface area contributed by atoms with E-state index in [1.165, 1.54) is 32.1 Å². The van der Waals surface area contributed by atoms with Gasteiger partial charge < -0.3 is 14.8 Å². The Labute approximate surface area is 182 Å². The van der Waals surface area contributed by atoms with Crippen LogP contribution in [0, 0.1) is 12.8 Å². The first-order valence-corrected chi connectivity index (χ1v) is 11.6. The Kier molecular flexibility index (Phi) is 5.79. The monoisotopic (exact) mass is 428 g/mol. The number of rotatable bonds is 6. The third kappa shape index (κ3) is 4.13. The molecule has 2 saturated heterocycles. The highest BCUT2D eigenvalue weighted by Crippen LogP contribution is 2.34. The number of aromatic nitrogens is 5. The second-order valence-electron chi connectivity index (χ2n) is 9.13. The van der Waals surface area contributed by atoms with Crippen LogP contribution in [0.5, 0.6) is 0 Å². The van der Waals surface area contributed by atoms with Crippen LogP contribution in [-0.2, 0) is 22.4 Å². The predicted molar refractivity (Wildman–Crippen MR) is 113 cm³/mol. The van der Waals surface area contributed by atoms with Crippen LogP contribution in [-0.4, -0.2) is 62.1 Å². The molecule has 5 rings (SSSR count). The van der Waals surface area contributed by atoms with Gasteiger partial charge in [-0.1, -0.05) is 37.3 Å². The van der Waals surface area contributed by atoms with Crippen molar-refractivity contribution >= 4 is 5.91 Å². The Morgan fingerprint density at radius 1 is 1.19 bits per heavy atom. The Bertz CT molecular complexity index is 918. The molecule has 31 heavy (non-hydrogen) atoms. The third-order valence-corrected chi connectivity index (χ3v) is 6.98. The molecule has 2 aromatic heterocycles. The van der Waals surface area contributed by atoms with Crippen molar-refractivity contribution in [1.82, 2.24) is 30.1 Å². The number of fused-ring (bicyclic) bond motifs is 1. The number of nitrogens with one attached hydrogen (secondary N) is 1. The molecule has 2 aromatic rings. The molecule has 4 unspecified atom stereocenters. The predicted octanol–water partition coefficient (Wildman–Crippen LogP) is 2.06. The standard InChI is InChI=1S/C22H32N6O3/c1-3-27-14(2)9-17(25-27)22(29)23-18-12-30-21-19(13-31-20(18)21)28-11-16(24-26-28)10-15-7-5-4-6-8-15/h9,11,15,18-21H,3-8,10,12-13H2,1-2H3,(H,23,29). The minimum Gasteiger partial charge on any atom is -0.371 e. The van der Waals surface area contributed by atoms with Crippen molar-refractivity contribution in [3.05, 3.63) is 29.3 Å². The second kappa shape index (κ2) is 8.70. The van der Waals surface area contributed by atoms with Crippen LogP contribution in [0.2, 0.25) is 0 Å². The minimum absolute atomic E-state index is 0.0129. The molecule has 1 amide bonds. The lowest BCUT2D eigenvalue weighted by Gasteiger charge is -2.20. The molecule has 168 valence electrons. The van der Waals surface area contributed by atoms with Gasteiger partial charge in [0.15, 0.2) is 0 Å². The van der Waals surface area contributed by atoms with E-state index in [1.807, 2.05) is 29.3 Å². The van der Waals surface area contributed by atoms with E-state index in [0.29, 0.717) is 18.9 Å². The molecule has 4 heterocycles. The molecule has 2 aliphatic heterocycles. The average Bonchev–Trinajstić information content (AvgIpc) is 3.54. The zero-order valence-electron chi connectivity index (χ0n) is 18.4. The van der Waals surface area contributed by atoms with Crippen LogP contribution >= 0.6 is 0 Å². The zero-order valence-corrected chi connectivity index (χ0v) is 18.4. The fourth-order valence-electron chi connectivity index (χ4n) is 5.27. The molecule has 9 nitrogen and oxygen atoms in total. The topological polar surface area (TPSA) is 96.1 Å². The fraction of sp³-hybridized carbons (Fsp3) is 0.727. The van der Waals surface area contributed by atoms with E-state index in [0.717, 1.165) is 30.3 Å². The van der Waals surface area contributed by atoms with Crippen LogP contribution in [0.4, 0.5) is 0 Å². The van der Waals surface area contributed by atoms with Crippen molar-refractivity contribution in [3.63, 3.8) is 0 Å². The molecule has 1 N–H and O–H groups in total. The van der Waals surface area contributed by atoms with Crippen LogP contribution in [0.3, 0.4) is 0 Å². The van der Waals surface area contributed by atoms with Gasteiger partial charge >= 0.3 is 0 Å². The van der Waals surface area contributed by atoms with Crippen LogP contribution in [0.15, 0.2) is 12.3 Å². The minimum atomic E-state index is -0.195. The Balaban J connectivity index is 1.20. The zero-order chi connectivity index (χ0) is 21.4. The summed E-state index contributed by atoms with van der Waals surface area (Å²) in [5, 5.41) is 16.2. The lowest BCUT2D eigenvalue weighted by Crippen LogP contribution is -2.44. The third-order valence-electron chi connectivity index (χ3n) is 6.98. The summed E-state index contributed by atoms with van der Waals surface area (Å²) in [4.78, 5) is 12.7. The molecule has 3 fully saturated rings. The fourth-order valence-corrected chi connectivity index (χ4v) is 5.27. The first-order chi connectivity index (χ1) is 15.1. The number of hydrogen-bond donors (Lipinski definition) is 1. The van der Waals surface area contributed by atoms with Gasteiger partial charge in [-0.15, -0.1) is 5.10 Å². The number of carbonyl (C=O) groups is 1. The van der Waals surface area contributed by atoms with Crippen molar-refractivity contribution < 1.29 is 14.3 Å². The highest BCUT2D eigenvalue weighted by atomic mass is 16.6. The van der Waals surface area contributed by atoms with Gasteiger partial charge in [-0.05, 0) is 32.3 Å². The molecular formula is C22H32N6O3. The van der Waals surface area contributed by atoms with Gasteiger partial charge in [0.1, 0.15) is 23.9 Å². The van der Waals surface area contributed by atoms with Crippen molar-refractivity contribution in [2.45, 2.75) is 83.2 Å². The van der Waals surface area contributed by atoms with E-state index < -0.39 is 0 Å². The number of nitrogens with zero attached hydrogens (tertiary/aromatic N) is 5. The maximum Gasteiger partial charge on any atom is 0.272 e. The van der Waals surface area contributed by atoms with E-state index in [2.05, 4.69) is 26.9 Å². The number of amides is 1. The maximum absolute atomic E-state index is 12.7. The average molecular weight is 429 g/mol. The number of carbonyl (C=O) groups excluding carboxylic acids is 1. The summed E-state index contributed by atoms with van der Waals surface area (Å²) in [6.07, 6.45) is 9.36. The largest absolute Gasteiger partial charge is 0.371 e. The molecule has 9 heteroatoms. The van der Waals surface area contributed by atoms with Gasteiger partial charge in [0.2, 0.25) is 0 Å². The second-order valence-corrected chi connectivity index (χ2v) is 9.13. The van der Waals surface area contributed by atoms with E-state index in [-0.39, 0.29) is 30.2 Å². The highest BCUT2D eigenvalue weighted by molar-refractivity contribution is 5.92. The molecular weight excluding hydrogens is 396 g/mol. The highest BCUT2D eigenvalue weighted by Gasteiger charge is 2.49. The number of hydrogen-bond acceptors (Lipinski definition) is 6. The normalized spacial score (nSPS) is 28.7. The Hall–Kier alpha value is -2.26. The SMILES string of the molecule is CCn1nc(C(=O)NC2COC3C2OCC3n2cc(CC3CCCCC3)nn2)cc1C. The van der Waals surface area contributed by atoms with Crippen LogP contribution in [0.25, 0.3) is 0 Å². The summed E-state index contributed by atoms with van der Waals surface area (Å²) in [6.45, 7) is 5.63. The molecule has 1 saturated carbocycles. The van der Waals surface area contributed by atoms with Gasteiger partial charge in [0.05, 0.1) is 24.9 Å². The van der Waals surface area contributed by atoms with Gasteiger partial charge in [0.25, 0.3) is 5.91 Å². The summed E-state index contributed by atoms with van der Waals surface area (Å²) in [5.41, 5.74) is 2.46. The van der Waals surface area contributed by atoms with E-state index in [9.17, 15) is 4.79 Å². The molecule has 0 spiro atoms. The summed E-state index contributed by atoms with van der Waals surface area (Å²) >= 11 is 0. The molecule has 0 radical (unpaired) electrons. The van der Waals surface area contributed by atoms with E-state index >= 15 is 0 Å². The molecule has 0 aromatic carbocycles. The van der Waals surface area contributed by atoms with Crippen LogP contribution in [0.1, 0.15) is 66.9 Å². The van der Waals surface area contributed by atoms with Gasteiger partial charge in [-0.25, -0.2) is 4.68 Å². The van der Waals surface area contributed by atoms with Crippen molar-refractivity contribution in [2.24, 2.45) is 5.92 Å². The molecule has 0 bridgehead atoms. The molecule has 3 aliphatic rings. The molecule has 1 aliphatic carbocycles. The maximum atomic E-state index is 12.7. The summed E-state index contributed by atoms with van der Waals surface area (Å²) in [7, 11) is 0. The van der Waals surface area contributed by atoms with Crippen molar-refractivity contribution in [3.8, 4) is 0 Å². The van der Waals surface area contributed by atoms with E-state index in [4.69, 9.17) is 9.47 Å². The molecule has 4 atom stereocenters. The Morgan fingerprint density at radius 2 is 2.00 bits per heavy atom. The summed E-state index contributed by atoms with van der Waals surface area (Å²) < 4.78 is 15.8. The van der Waals surface area contributed by atoms with Gasteiger partial charge in [-0.2, -0.15) is 5.10 Å². The van der Waals surface area contributed by atoms with Crippen LogP contribution < -0.4 is 5.32 Å². The lowest BCUT2D eigenvalue weighted by atomic mass is 9.86. The first kappa shape index (κ1) is 20.6. The quantitative estimate of drug-likeness (QED) is 0.757. The van der Waals surface area contributed by atoms with Crippen molar-refractivity contribution in [2.75, 3.05) is 13.2 Å².